The predicted molar refractivity (Wildman–Crippen MR) is 81.7 cm³/mol. The van der Waals surface area contributed by atoms with E-state index >= 15 is 0 Å². The van der Waals surface area contributed by atoms with Crippen molar-refractivity contribution in [3.63, 3.8) is 0 Å². The van der Waals surface area contributed by atoms with Crippen molar-refractivity contribution in [2.24, 2.45) is 0 Å². The van der Waals surface area contributed by atoms with Gasteiger partial charge in [-0.15, -0.1) is 11.8 Å². The van der Waals surface area contributed by atoms with Crippen LogP contribution in [0.15, 0.2) is 24.3 Å². The van der Waals surface area contributed by atoms with Gasteiger partial charge in [-0.05, 0) is 18.1 Å². The largest absolute Gasteiger partial charge is 0.480 e. The molecule has 3 heterocycles. The third-order valence-corrected chi connectivity index (χ3v) is 6.28. The highest BCUT2D eigenvalue weighted by molar-refractivity contribution is 8.01. The van der Waals surface area contributed by atoms with Gasteiger partial charge in [0.25, 0.3) is 5.91 Å². The van der Waals surface area contributed by atoms with Gasteiger partial charge < -0.3 is 14.4 Å². The second kappa shape index (κ2) is 4.92. The minimum absolute atomic E-state index is 0.137. The molecule has 0 radical (unpaired) electrons. The van der Waals surface area contributed by atoms with Crippen LogP contribution in [0.2, 0.25) is 0 Å². The van der Waals surface area contributed by atoms with Crippen LogP contribution in [0.1, 0.15) is 12.0 Å². The zero-order valence-electron chi connectivity index (χ0n) is 12.1. The Morgan fingerprint density at radius 2 is 2.24 bits per heavy atom. The first-order valence-electron chi connectivity index (χ1n) is 7.39. The molecule has 1 spiro atoms. The minimum Gasteiger partial charge on any atom is -0.480 e. The van der Waals surface area contributed by atoms with E-state index in [9.17, 15) is 4.79 Å². The van der Waals surface area contributed by atoms with Crippen molar-refractivity contribution in [1.29, 1.82) is 0 Å². The Kier molecular flexibility index (Phi) is 3.15. The van der Waals surface area contributed by atoms with Gasteiger partial charge in [0.2, 0.25) is 0 Å². The van der Waals surface area contributed by atoms with Crippen LogP contribution < -0.4 is 4.74 Å². The van der Waals surface area contributed by atoms with Gasteiger partial charge >= 0.3 is 0 Å². The highest BCUT2D eigenvalue weighted by atomic mass is 32.2. The summed E-state index contributed by atoms with van der Waals surface area (Å²) in [5, 5.41) is 0. The first kappa shape index (κ1) is 13.5. The molecule has 4 nitrogen and oxygen atoms in total. The van der Waals surface area contributed by atoms with E-state index in [-0.39, 0.29) is 16.8 Å². The van der Waals surface area contributed by atoms with Gasteiger partial charge in [0.05, 0.1) is 10.9 Å². The summed E-state index contributed by atoms with van der Waals surface area (Å²) in [4.78, 5) is 14.5. The van der Waals surface area contributed by atoms with Crippen LogP contribution in [0.25, 0.3) is 0 Å². The van der Waals surface area contributed by atoms with Crippen molar-refractivity contribution >= 4 is 17.7 Å². The molecule has 2 fully saturated rings. The molecule has 0 bridgehead atoms. The predicted octanol–water partition coefficient (Wildman–Crippen LogP) is 1.72. The first-order valence-corrected chi connectivity index (χ1v) is 8.38. The van der Waals surface area contributed by atoms with Gasteiger partial charge in [0.15, 0.2) is 6.10 Å². The van der Waals surface area contributed by atoms with E-state index in [1.54, 1.807) is 7.11 Å². The maximum atomic E-state index is 12.5. The van der Waals surface area contributed by atoms with Crippen LogP contribution in [-0.2, 0) is 16.0 Å². The summed E-state index contributed by atoms with van der Waals surface area (Å²) in [7, 11) is 1.77. The molecule has 4 rings (SSSR count). The lowest BCUT2D eigenvalue weighted by molar-refractivity contribution is -0.143. The molecule has 0 N–H and O–H groups in total. The van der Waals surface area contributed by atoms with Crippen LogP contribution in [0.4, 0.5) is 0 Å². The zero-order chi connectivity index (χ0) is 14.4. The molecule has 2 unspecified atom stereocenters. The fourth-order valence-corrected chi connectivity index (χ4v) is 5.09. The molecule has 3 aliphatic heterocycles. The summed E-state index contributed by atoms with van der Waals surface area (Å²) in [5.74, 6) is 2.04. The number of ether oxygens (including phenoxy) is 2. The number of amides is 1. The van der Waals surface area contributed by atoms with E-state index in [0.717, 1.165) is 36.6 Å². The number of para-hydroxylation sites is 1. The lowest BCUT2D eigenvalue weighted by Gasteiger charge is -2.48. The first-order chi connectivity index (χ1) is 10.2. The number of rotatable bonds is 2. The van der Waals surface area contributed by atoms with Crippen LogP contribution in [0.5, 0.6) is 5.75 Å². The van der Waals surface area contributed by atoms with E-state index in [2.05, 4.69) is 0 Å². The van der Waals surface area contributed by atoms with Gasteiger partial charge in [0, 0.05) is 32.4 Å². The van der Waals surface area contributed by atoms with Crippen molar-refractivity contribution in [2.45, 2.75) is 29.8 Å². The summed E-state index contributed by atoms with van der Waals surface area (Å²) in [5.41, 5.74) is 1.14. The van der Waals surface area contributed by atoms with E-state index in [4.69, 9.17) is 9.47 Å². The molecule has 0 aliphatic carbocycles. The van der Waals surface area contributed by atoms with Gasteiger partial charge in [-0.3, -0.25) is 4.79 Å². The molecule has 0 saturated carbocycles. The summed E-state index contributed by atoms with van der Waals surface area (Å²) >= 11 is 1.96. The Hall–Kier alpha value is -1.20. The van der Waals surface area contributed by atoms with Crippen LogP contribution in [0.3, 0.4) is 0 Å². The molecule has 3 aliphatic rings. The fraction of sp³-hybridized carbons (Fsp3) is 0.562. The number of nitrogens with zero attached hydrogens (tertiary/aromatic N) is 1. The van der Waals surface area contributed by atoms with Crippen molar-refractivity contribution in [3.05, 3.63) is 29.8 Å². The summed E-state index contributed by atoms with van der Waals surface area (Å²) in [6.45, 7) is 1.68. The Labute approximate surface area is 128 Å². The van der Waals surface area contributed by atoms with E-state index in [1.807, 2.05) is 40.9 Å². The lowest BCUT2D eigenvalue weighted by atomic mass is 9.92. The molecule has 2 atom stereocenters. The standard InChI is InChI=1S/C16H19NO3S/c1-19-12-7-16(21-8-12)9-17(10-16)15(18)14-6-11-4-2-3-5-13(11)20-14/h2-5,12,14H,6-10H2,1H3. The van der Waals surface area contributed by atoms with E-state index in [1.165, 1.54) is 0 Å². The van der Waals surface area contributed by atoms with Crippen molar-refractivity contribution in [3.8, 4) is 5.75 Å². The molecular formula is C16H19NO3S. The number of likely N-dealkylation sites (tertiary alicyclic amines) is 1. The molecular weight excluding hydrogens is 286 g/mol. The second-order valence-electron chi connectivity index (χ2n) is 6.17. The number of fused-ring (bicyclic) bond motifs is 1. The highest BCUT2D eigenvalue weighted by Gasteiger charge is 2.52. The Morgan fingerprint density at radius 1 is 1.43 bits per heavy atom. The minimum atomic E-state index is -0.329. The lowest BCUT2D eigenvalue weighted by Crippen LogP contribution is -2.63. The van der Waals surface area contributed by atoms with Gasteiger partial charge in [0.1, 0.15) is 5.75 Å². The Balaban J connectivity index is 1.37. The molecule has 2 saturated heterocycles. The maximum Gasteiger partial charge on any atom is 0.264 e. The topological polar surface area (TPSA) is 38.8 Å². The molecule has 1 aromatic rings. The van der Waals surface area contributed by atoms with Gasteiger partial charge in [-0.1, -0.05) is 18.2 Å². The monoisotopic (exact) mass is 305 g/mol. The summed E-state index contributed by atoms with van der Waals surface area (Å²) in [6.07, 6.45) is 1.78. The number of thioether (sulfide) groups is 1. The SMILES string of the molecule is COC1CSC2(C1)CN(C(=O)C1Cc3ccccc3O1)C2. The summed E-state index contributed by atoms with van der Waals surface area (Å²) in [6, 6.07) is 7.92. The molecule has 21 heavy (non-hydrogen) atoms. The Morgan fingerprint density at radius 3 is 2.95 bits per heavy atom. The van der Waals surface area contributed by atoms with Gasteiger partial charge in [-0.2, -0.15) is 0 Å². The number of hydrogen-bond acceptors (Lipinski definition) is 4. The highest BCUT2D eigenvalue weighted by Crippen LogP contribution is 2.46. The average Bonchev–Trinajstić information content (AvgIpc) is 3.08. The third kappa shape index (κ3) is 2.23. The zero-order valence-corrected chi connectivity index (χ0v) is 12.9. The fourth-order valence-electron chi connectivity index (χ4n) is 3.50. The normalized spacial score (nSPS) is 29.1. The number of carbonyl (C=O) groups is 1. The Bertz CT molecular complexity index is 545. The number of benzene rings is 1. The van der Waals surface area contributed by atoms with Crippen molar-refractivity contribution in [2.75, 3.05) is 26.0 Å². The molecule has 0 aromatic heterocycles. The third-order valence-electron chi connectivity index (χ3n) is 4.70. The van der Waals surface area contributed by atoms with Crippen molar-refractivity contribution < 1.29 is 14.3 Å². The quantitative estimate of drug-likeness (QED) is 0.834. The van der Waals surface area contributed by atoms with Crippen molar-refractivity contribution in [1.82, 2.24) is 4.90 Å². The van der Waals surface area contributed by atoms with Gasteiger partial charge in [-0.25, -0.2) is 0 Å². The number of carbonyl (C=O) groups excluding carboxylic acids is 1. The number of methoxy groups -OCH3 is 1. The maximum absolute atomic E-state index is 12.5. The average molecular weight is 305 g/mol. The molecule has 5 heteroatoms. The van der Waals surface area contributed by atoms with Crippen LogP contribution >= 0.6 is 11.8 Å². The molecule has 1 amide bonds. The van der Waals surface area contributed by atoms with Crippen LogP contribution in [-0.4, -0.2) is 53.7 Å². The second-order valence-corrected chi connectivity index (χ2v) is 7.66. The van der Waals surface area contributed by atoms with E-state index < -0.39 is 0 Å². The molecule has 112 valence electrons. The van der Waals surface area contributed by atoms with E-state index in [0.29, 0.717) is 12.5 Å². The molecule has 1 aromatic carbocycles. The summed E-state index contributed by atoms with van der Waals surface area (Å²) < 4.78 is 11.5. The number of hydrogen-bond donors (Lipinski definition) is 0. The van der Waals surface area contributed by atoms with Crippen LogP contribution in [0, 0.1) is 0 Å². The smallest absolute Gasteiger partial charge is 0.264 e.